The third-order valence-corrected chi connectivity index (χ3v) is 4.12. The van der Waals surface area contributed by atoms with E-state index in [1.807, 2.05) is 18.2 Å². The lowest BCUT2D eigenvalue weighted by Crippen LogP contribution is -2.01. The van der Waals surface area contributed by atoms with Crippen molar-refractivity contribution in [2.24, 2.45) is 0 Å². The Labute approximate surface area is 129 Å². The molecule has 0 N–H and O–H groups in total. The van der Waals surface area contributed by atoms with Crippen molar-refractivity contribution in [3.05, 3.63) is 76.1 Å². The molecule has 0 bridgehead atoms. The van der Waals surface area contributed by atoms with Crippen molar-refractivity contribution in [1.29, 1.82) is 0 Å². The highest BCUT2D eigenvalue weighted by molar-refractivity contribution is 5.89. The first-order chi connectivity index (χ1) is 10.6. The van der Waals surface area contributed by atoms with E-state index >= 15 is 0 Å². The Balaban J connectivity index is 1.86. The Hall–Kier alpha value is -2.42. The second-order valence-corrected chi connectivity index (χ2v) is 5.60. The van der Waals surface area contributed by atoms with E-state index in [1.54, 1.807) is 18.2 Å². The number of rotatable bonds is 3. The average Bonchev–Trinajstić information content (AvgIpc) is 2.83. The normalized spacial score (nSPS) is 13.2. The number of allylic oxidation sites excluding steroid dienone is 2. The van der Waals surface area contributed by atoms with Gasteiger partial charge in [-0.3, -0.25) is 0 Å². The van der Waals surface area contributed by atoms with Gasteiger partial charge in [0.05, 0.1) is 12.7 Å². The molecule has 0 radical (unpaired) electrons. The Morgan fingerprint density at radius 3 is 2.59 bits per heavy atom. The van der Waals surface area contributed by atoms with Gasteiger partial charge < -0.3 is 4.74 Å². The maximum atomic E-state index is 13.5. The number of halogens is 1. The Morgan fingerprint density at radius 1 is 1.18 bits per heavy atom. The van der Waals surface area contributed by atoms with Gasteiger partial charge in [-0.25, -0.2) is 9.18 Å². The fourth-order valence-electron chi connectivity index (χ4n) is 2.93. The van der Waals surface area contributed by atoms with Crippen LogP contribution in [0.3, 0.4) is 0 Å². The zero-order valence-corrected chi connectivity index (χ0v) is 12.7. The van der Waals surface area contributed by atoms with Gasteiger partial charge in [0.2, 0.25) is 0 Å². The molecule has 3 heteroatoms. The van der Waals surface area contributed by atoms with Crippen molar-refractivity contribution in [3.63, 3.8) is 0 Å². The van der Waals surface area contributed by atoms with Crippen LogP contribution in [0.1, 0.15) is 34.0 Å². The second kappa shape index (κ2) is 5.76. The fourth-order valence-corrected chi connectivity index (χ4v) is 2.93. The molecular weight excluding hydrogens is 279 g/mol. The van der Waals surface area contributed by atoms with E-state index < -0.39 is 0 Å². The van der Waals surface area contributed by atoms with E-state index in [9.17, 15) is 9.18 Å². The molecule has 2 aromatic rings. The SMILES string of the molecule is COC(=O)c1ccc(CC2=C(C)Cc3ccc(F)cc32)cc1. The maximum Gasteiger partial charge on any atom is 0.337 e. The summed E-state index contributed by atoms with van der Waals surface area (Å²) < 4.78 is 18.2. The quantitative estimate of drug-likeness (QED) is 0.794. The van der Waals surface area contributed by atoms with Crippen LogP contribution in [-0.4, -0.2) is 13.1 Å². The zero-order valence-electron chi connectivity index (χ0n) is 12.7. The molecule has 2 aromatic carbocycles. The summed E-state index contributed by atoms with van der Waals surface area (Å²) in [7, 11) is 1.37. The highest BCUT2D eigenvalue weighted by Crippen LogP contribution is 2.35. The van der Waals surface area contributed by atoms with Gasteiger partial charge in [-0.2, -0.15) is 0 Å². The van der Waals surface area contributed by atoms with E-state index in [2.05, 4.69) is 6.92 Å². The molecule has 0 atom stereocenters. The standard InChI is InChI=1S/C19H17FO2/c1-12-9-15-7-8-16(20)11-18(15)17(12)10-13-3-5-14(6-4-13)19(21)22-2/h3-8,11H,9-10H2,1-2H3. The van der Waals surface area contributed by atoms with Gasteiger partial charge in [0.15, 0.2) is 0 Å². The molecule has 2 nitrogen and oxygen atoms in total. The molecule has 0 aliphatic heterocycles. The minimum Gasteiger partial charge on any atom is -0.465 e. The summed E-state index contributed by atoms with van der Waals surface area (Å²) in [4.78, 5) is 11.4. The number of carbonyl (C=O) groups excluding carboxylic acids is 1. The molecule has 0 amide bonds. The number of esters is 1. The summed E-state index contributed by atoms with van der Waals surface area (Å²) in [5, 5.41) is 0. The summed E-state index contributed by atoms with van der Waals surface area (Å²) in [6, 6.07) is 12.4. The number of methoxy groups -OCH3 is 1. The van der Waals surface area contributed by atoms with E-state index in [1.165, 1.54) is 29.9 Å². The van der Waals surface area contributed by atoms with Crippen LogP contribution in [0.5, 0.6) is 0 Å². The van der Waals surface area contributed by atoms with Gasteiger partial charge >= 0.3 is 5.97 Å². The number of hydrogen-bond donors (Lipinski definition) is 0. The van der Waals surface area contributed by atoms with Gasteiger partial charge in [-0.1, -0.05) is 23.8 Å². The first-order valence-electron chi connectivity index (χ1n) is 7.23. The van der Waals surface area contributed by atoms with E-state index in [0.717, 1.165) is 24.0 Å². The Bertz CT molecular complexity index is 758. The van der Waals surface area contributed by atoms with Crippen molar-refractivity contribution in [2.45, 2.75) is 19.8 Å². The molecule has 22 heavy (non-hydrogen) atoms. The predicted octanol–water partition coefficient (Wildman–Crippen LogP) is 4.18. The molecule has 0 saturated heterocycles. The first kappa shape index (κ1) is 14.5. The van der Waals surface area contributed by atoms with Crippen molar-refractivity contribution < 1.29 is 13.9 Å². The van der Waals surface area contributed by atoms with Crippen LogP contribution in [-0.2, 0) is 17.6 Å². The maximum absolute atomic E-state index is 13.5. The first-order valence-corrected chi connectivity index (χ1v) is 7.23. The van der Waals surface area contributed by atoms with E-state index in [-0.39, 0.29) is 11.8 Å². The van der Waals surface area contributed by atoms with Crippen LogP contribution in [0, 0.1) is 5.82 Å². The van der Waals surface area contributed by atoms with Crippen molar-refractivity contribution >= 4 is 11.5 Å². The van der Waals surface area contributed by atoms with Crippen LogP contribution in [0.4, 0.5) is 4.39 Å². The van der Waals surface area contributed by atoms with Crippen LogP contribution in [0.2, 0.25) is 0 Å². The highest BCUT2D eigenvalue weighted by atomic mass is 19.1. The minimum absolute atomic E-state index is 0.202. The summed E-state index contributed by atoms with van der Waals surface area (Å²) in [5.74, 6) is -0.540. The van der Waals surface area contributed by atoms with Crippen LogP contribution < -0.4 is 0 Å². The molecule has 3 rings (SSSR count). The third kappa shape index (κ3) is 2.67. The molecule has 0 aromatic heterocycles. The van der Waals surface area contributed by atoms with Gasteiger partial charge in [-0.05, 0) is 66.3 Å². The summed E-state index contributed by atoms with van der Waals surface area (Å²) in [6.07, 6.45) is 1.62. The fraction of sp³-hybridized carbons (Fsp3) is 0.211. The number of ether oxygens (including phenoxy) is 1. The van der Waals surface area contributed by atoms with Crippen LogP contribution >= 0.6 is 0 Å². The molecule has 112 valence electrons. The average molecular weight is 296 g/mol. The zero-order chi connectivity index (χ0) is 15.7. The number of carbonyl (C=O) groups is 1. The number of benzene rings is 2. The van der Waals surface area contributed by atoms with Crippen LogP contribution in [0.25, 0.3) is 5.57 Å². The van der Waals surface area contributed by atoms with Crippen molar-refractivity contribution in [2.75, 3.05) is 7.11 Å². The van der Waals surface area contributed by atoms with Crippen molar-refractivity contribution in [1.82, 2.24) is 0 Å². The molecule has 0 unspecified atom stereocenters. The third-order valence-electron chi connectivity index (χ3n) is 4.12. The van der Waals surface area contributed by atoms with Crippen molar-refractivity contribution in [3.8, 4) is 0 Å². The molecule has 0 saturated carbocycles. The Morgan fingerprint density at radius 2 is 1.91 bits per heavy atom. The summed E-state index contributed by atoms with van der Waals surface area (Å²) in [6.45, 7) is 2.09. The molecule has 1 aliphatic carbocycles. The predicted molar refractivity (Wildman–Crippen MR) is 84.2 cm³/mol. The molecule has 0 spiro atoms. The minimum atomic E-state index is -0.338. The molecule has 1 aliphatic rings. The summed E-state index contributed by atoms with van der Waals surface area (Å²) >= 11 is 0. The number of fused-ring (bicyclic) bond motifs is 1. The lowest BCUT2D eigenvalue weighted by molar-refractivity contribution is 0.0600. The summed E-state index contributed by atoms with van der Waals surface area (Å²) in [5.41, 5.74) is 6.28. The number of hydrogen-bond acceptors (Lipinski definition) is 2. The van der Waals surface area contributed by atoms with Gasteiger partial charge in [0.1, 0.15) is 5.82 Å². The van der Waals surface area contributed by atoms with E-state index in [0.29, 0.717) is 5.56 Å². The lowest BCUT2D eigenvalue weighted by atomic mass is 9.97. The van der Waals surface area contributed by atoms with Crippen LogP contribution in [0.15, 0.2) is 48.0 Å². The largest absolute Gasteiger partial charge is 0.465 e. The highest BCUT2D eigenvalue weighted by Gasteiger charge is 2.19. The monoisotopic (exact) mass is 296 g/mol. The van der Waals surface area contributed by atoms with Gasteiger partial charge in [-0.15, -0.1) is 0 Å². The molecular formula is C19H17FO2. The molecule has 0 fully saturated rings. The second-order valence-electron chi connectivity index (χ2n) is 5.60. The Kier molecular flexibility index (Phi) is 3.80. The topological polar surface area (TPSA) is 26.3 Å². The van der Waals surface area contributed by atoms with E-state index in [4.69, 9.17) is 4.74 Å². The van der Waals surface area contributed by atoms with Gasteiger partial charge in [0, 0.05) is 0 Å². The molecule has 0 heterocycles. The van der Waals surface area contributed by atoms with Gasteiger partial charge in [0.25, 0.3) is 0 Å². The lowest BCUT2D eigenvalue weighted by Gasteiger charge is -2.08. The smallest absolute Gasteiger partial charge is 0.337 e.